The van der Waals surface area contributed by atoms with E-state index >= 15 is 0 Å². The maximum atomic E-state index is 13.3. The summed E-state index contributed by atoms with van der Waals surface area (Å²) in [7, 11) is 1.58. The molecular formula is C22H19N3O3S2. The molecule has 4 rings (SSSR count). The van der Waals surface area contributed by atoms with Crippen molar-refractivity contribution >= 4 is 34.7 Å². The highest BCUT2D eigenvalue weighted by Gasteiger charge is 2.26. The van der Waals surface area contributed by atoms with Gasteiger partial charge in [-0.2, -0.15) is 0 Å². The Balaban J connectivity index is 1.61. The average Bonchev–Trinajstić information content (AvgIpc) is 3.45. The second kappa shape index (κ2) is 9.15. The maximum Gasteiger partial charge on any atom is 0.278 e. The zero-order chi connectivity index (χ0) is 20.9. The minimum atomic E-state index is -0.576. The van der Waals surface area contributed by atoms with E-state index in [4.69, 9.17) is 9.15 Å². The summed E-state index contributed by atoms with van der Waals surface area (Å²) in [6.07, 6.45) is 0. The number of amides is 1. The van der Waals surface area contributed by atoms with Crippen LogP contribution < -0.4 is 10.1 Å². The number of nitrogens with zero attached hydrogens (tertiary/aromatic N) is 2. The van der Waals surface area contributed by atoms with Crippen molar-refractivity contribution in [1.82, 2.24) is 10.2 Å². The van der Waals surface area contributed by atoms with Crippen molar-refractivity contribution in [3.8, 4) is 16.5 Å². The third-order valence-electron chi connectivity index (χ3n) is 4.31. The summed E-state index contributed by atoms with van der Waals surface area (Å²) in [5, 5.41) is 12.9. The van der Waals surface area contributed by atoms with Crippen molar-refractivity contribution in [2.45, 2.75) is 17.4 Å². The lowest BCUT2D eigenvalue weighted by Gasteiger charge is -2.17. The van der Waals surface area contributed by atoms with E-state index in [1.165, 1.54) is 23.1 Å². The second-order valence-corrected chi connectivity index (χ2v) is 8.46. The summed E-state index contributed by atoms with van der Waals surface area (Å²) < 4.78 is 11.2. The van der Waals surface area contributed by atoms with E-state index in [2.05, 4.69) is 15.5 Å². The SMILES string of the molecule is COc1ccc(C)cc1NC(=O)[C@H](Sc1nnc(-c2cccs2)o1)c1ccccc1. The van der Waals surface area contributed by atoms with Crippen LogP contribution in [0.3, 0.4) is 0 Å². The molecule has 1 N–H and O–H groups in total. The van der Waals surface area contributed by atoms with Crippen LogP contribution in [0.5, 0.6) is 5.75 Å². The van der Waals surface area contributed by atoms with Crippen LogP contribution in [0.2, 0.25) is 0 Å². The summed E-state index contributed by atoms with van der Waals surface area (Å²) in [4.78, 5) is 14.1. The zero-order valence-corrected chi connectivity index (χ0v) is 18.0. The fourth-order valence-electron chi connectivity index (χ4n) is 2.88. The largest absolute Gasteiger partial charge is 0.495 e. The minimum Gasteiger partial charge on any atom is -0.495 e. The first-order valence-electron chi connectivity index (χ1n) is 9.18. The highest BCUT2D eigenvalue weighted by Crippen LogP contribution is 2.38. The second-order valence-electron chi connectivity index (χ2n) is 6.45. The topological polar surface area (TPSA) is 77.2 Å². The van der Waals surface area contributed by atoms with Crippen molar-refractivity contribution in [2.24, 2.45) is 0 Å². The van der Waals surface area contributed by atoms with Gasteiger partial charge in [-0.1, -0.05) is 42.5 Å². The van der Waals surface area contributed by atoms with Crippen molar-refractivity contribution in [1.29, 1.82) is 0 Å². The molecule has 2 aromatic heterocycles. The number of carbonyl (C=O) groups excluding carboxylic acids is 1. The first kappa shape index (κ1) is 20.2. The van der Waals surface area contributed by atoms with Gasteiger partial charge in [0.05, 0.1) is 17.7 Å². The number of aromatic nitrogens is 2. The van der Waals surface area contributed by atoms with E-state index in [9.17, 15) is 4.79 Å². The first-order chi connectivity index (χ1) is 14.6. The fourth-order valence-corrected chi connectivity index (χ4v) is 4.40. The van der Waals surface area contributed by atoms with Crippen LogP contribution in [-0.4, -0.2) is 23.2 Å². The van der Waals surface area contributed by atoms with Crippen molar-refractivity contribution in [3.63, 3.8) is 0 Å². The van der Waals surface area contributed by atoms with Gasteiger partial charge in [-0.3, -0.25) is 4.79 Å². The molecule has 2 heterocycles. The lowest BCUT2D eigenvalue weighted by molar-refractivity contribution is -0.115. The number of methoxy groups -OCH3 is 1. The Bertz CT molecular complexity index is 1130. The molecule has 0 saturated heterocycles. The van der Waals surface area contributed by atoms with Crippen LogP contribution in [0.1, 0.15) is 16.4 Å². The Morgan fingerprint density at radius 2 is 1.97 bits per heavy atom. The fraction of sp³-hybridized carbons (Fsp3) is 0.136. The van der Waals surface area contributed by atoms with Gasteiger partial charge in [-0.15, -0.1) is 21.5 Å². The quantitative estimate of drug-likeness (QED) is 0.380. The number of thiophene rings is 1. The smallest absolute Gasteiger partial charge is 0.278 e. The van der Waals surface area contributed by atoms with Crippen LogP contribution >= 0.6 is 23.1 Å². The Morgan fingerprint density at radius 1 is 1.13 bits per heavy atom. The molecule has 0 aliphatic rings. The van der Waals surface area contributed by atoms with Crippen LogP contribution in [0, 0.1) is 6.92 Å². The molecule has 4 aromatic rings. The molecule has 0 aliphatic carbocycles. The molecule has 2 aromatic carbocycles. The number of rotatable bonds is 7. The number of ether oxygens (including phenoxy) is 1. The predicted octanol–water partition coefficient (Wildman–Crippen LogP) is 5.59. The Hall–Kier alpha value is -3.10. The zero-order valence-electron chi connectivity index (χ0n) is 16.4. The summed E-state index contributed by atoms with van der Waals surface area (Å²) in [5.41, 5.74) is 2.48. The van der Waals surface area contributed by atoms with E-state index in [0.29, 0.717) is 22.6 Å². The highest BCUT2D eigenvalue weighted by atomic mass is 32.2. The molecule has 1 amide bonds. The molecule has 0 bridgehead atoms. The number of carbonyl (C=O) groups is 1. The van der Waals surface area contributed by atoms with Crippen LogP contribution in [-0.2, 0) is 4.79 Å². The number of nitrogens with one attached hydrogen (secondary N) is 1. The molecule has 0 spiro atoms. The molecule has 8 heteroatoms. The summed E-state index contributed by atoms with van der Waals surface area (Å²) in [6.45, 7) is 1.96. The van der Waals surface area contributed by atoms with E-state index in [1.807, 2.05) is 73.0 Å². The number of aryl methyl sites for hydroxylation is 1. The van der Waals surface area contributed by atoms with Gasteiger partial charge >= 0.3 is 0 Å². The average molecular weight is 438 g/mol. The van der Waals surface area contributed by atoms with Gasteiger partial charge < -0.3 is 14.5 Å². The van der Waals surface area contributed by atoms with Gasteiger partial charge in [0.2, 0.25) is 5.91 Å². The standard InChI is InChI=1S/C22H19N3O3S2/c1-14-10-11-17(27-2)16(13-14)23-20(26)19(15-7-4-3-5-8-15)30-22-25-24-21(28-22)18-9-6-12-29-18/h3-13,19H,1-2H3,(H,23,26)/t19-/m1/s1. The molecule has 0 aliphatic heterocycles. The number of thioether (sulfide) groups is 1. The van der Waals surface area contributed by atoms with Gasteiger partial charge in [-0.05, 0) is 53.4 Å². The molecular weight excluding hydrogens is 418 g/mol. The van der Waals surface area contributed by atoms with Crippen molar-refractivity contribution < 1.29 is 13.9 Å². The Kier molecular flexibility index (Phi) is 6.15. The van der Waals surface area contributed by atoms with Gasteiger partial charge in [0.25, 0.3) is 11.1 Å². The summed E-state index contributed by atoms with van der Waals surface area (Å²) in [5.74, 6) is 0.842. The van der Waals surface area contributed by atoms with Gasteiger partial charge in [0.1, 0.15) is 11.0 Å². The molecule has 30 heavy (non-hydrogen) atoms. The number of hydrogen-bond donors (Lipinski definition) is 1. The molecule has 6 nitrogen and oxygen atoms in total. The van der Waals surface area contributed by atoms with E-state index in [1.54, 1.807) is 7.11 Å². The number of benzene rings is 2. The van der Waals surface area contributed by atoms with E-state index < -0.39 is 5.25 Å². The molecule has 0 radical (unpaired) electrons. The maximum absolute atomic E-state index is 13.3. The Labute approximate surface area is 182 Å². The van der Waals surface area contributed by atoms with Crippen molar-refractivity contribution in [2.75, 3.05) is 12.4 Å². The van der Waals surface area contributed by atoms with Gasteiger partial charge in [-0.25, -0.2) is 0 Å². The monoisotopic (exact) mass is 437 g/mol. The number of anilines is 1. The van der Waals surface area contributed by atoms with E-state index in [0.717, 1.165) is 16.0 Å². The molecule has 152 valence electrons. The normalized spacial score (nSPS) is 11.8. The lowest BCUT2D eigenvalue weighted by Crippen LogP contribution is -2.19. The lowest BCUT2D eigenvalue weighted by atomic mass is 10.1. The minimum absolute atomic E-state index is 0.203. The predicted molar refractivity (Wildman–Crippen MR) is 119 cm³/mol. The molecule has 0 saturated carbocycles. The molecule has 0 unspecified atom stereocenters. The van der Waals surface area contributed by atoms with Crippen LogP contribution in [0.15, 0.2) is 75.7 Å². The van der Waals surface area contributed by atoms with Gasteiger partial charge in [0.15, 0.2) is 0 Å². The van der Waals surface area contributed by atoms with Gasteiger partial charge in [0, 0.05) is 0 Å². The van der Waals surface area contributed by atoms with Crippen LogP contribution in [0.4, 0.5) is 5.69 Å². The third-order valence-corrected chi connectivity index (χ3v) is 6.26. The highest BCUT2D eigenvalue weighted by molar-refractivity contribution is 8.00. The Morgan fingerprint density at radius 3 is 2.70 bits per heavy atom. The van der Waals surface area contributed by atoms with Crippen molar-refractivity contribution in [3.05, 3.63) is 77.2 Å². The molecule has 0 fully saturated rings. The van der Waals surface area contributed by atoms with E-state index in [-0.39, 0.29) is 5.91 Å². The third kappa shape index (κ3) is 4.55. The first-order valence-corrected chi connectivity index (χ1v) is 10.9. The number of hydrogen-bond acceptors (Lipinski definition) is 7. The summed E-state index contributed by atoms with van der Waals surface area (Å²) in [6, 6.07) is 19.0. The summed E-state index contributed by atoms with van der Waals surface area (Å²) >= 11 is 2.74. The molecule has 1 atom stereocenters. The van der Waals surface area contributed by atoms with Crippen LogP contribution in [0.25, 0.3) is 10.8 Å².